The van der Waals surface area contributed by atoms with Crippen molar-refractivity contribution in [2.24, 2.45) is 0 Å². The van der Waals surface area contributed by atoms with Crippen molar-refractivity contribution in [1.82, 2.24) is 0 Å². The molecule has 0 saturated heterocycles. The molecule has 1 fully saturated rings. The summed E-state index contributed by atoms with van der Waals surface area (Å²) < 4.78 is 10.6. The maximum atomic E-state index is 12.0. The number of aryl methyl sites for hydroxylation is 1. The zero-order valence-corrected chi connectivity index (χ0v) is 10.5. The number of benzene rings is 1. The van der Waals surface area contributed by atoms with Crippen LogP contribution in [0.15, 0.2) is 12.1 Å². The summed E-state index contributed by atoms with van der Waals surface area (Å²) in [7, 11) is -0.794. The fourth-order valence-electron chi connectivity index (χ4n) is 2.67. The van der Waals surface area contributed by atoms with Crippen LogP contribution in [0.1, 0.15) is 40.7 Å². The van der Waals surface area contributed by atoms with Gasteiger partial charge in [0.1, 0.15) is 11.3 Å². The zero-order valence-electron chi connectivity index (χ0n) is 10.5. The molecule has 0 radical (unpaired) electrons. The lowest BCUT2D eigenvalue weighted by molar-refractivity contribution is 0.0523. The Kier molecular flexibility index (Phi) is 2.59. The van der Waals surface area contributed by atoms with E-state index in [1.807, 2.05) is 19.1 Å². The van der Waals surface area contributed by atoms with Crippen molar-refractivity contribution in [3.63, 3.8) is 0 Å². The first-order valence-electron chi connectivity index (χ1n) is 6.28. The molecule has 5 heteroatoms. The summed E-state index contributed by atoms with van der Waals surface area (Å²) in [5.74, 6) is 0.658. The van der Waals surface area contributed by atoms with Gasteiger partial charge in [-0.05, 0) is 37.3 Å². The van der Waals surface area contributed by atoms with Crippen molar-refractivity contribution in [1.29, 1.82) is 0 Å². The largest absolute Gasteiger partial charge is 0.535 e. The second kappa shape index (κ2) is 4.02. The monoisotopic (exact) mass is 246 g/mol. The standard InChI is InChI=1S/C13H15BO4/c1-3-17-13(15)11-7(2)4-5-8-9-6-10(9)14(16)18-12(8)11/h4-5,9-10,16H,3,6H2,1-2H3/t9-,10-/m0/s1. The van der Waals surface area contributed by atoms with Crippen LogP contribution in [0.25, 0.3) is 0 Å². The van der Waals surface area contributed by atoms with E-state index in [1.165, 1.54) is 0 Å². The molecule has 1 heterocycles. The number of esters is 1. The van der Waals surface area contributed by atoms with Gasteiger partial charge in [-0.15, -0.1) is 0 Å². The third kappa shape index (κ3) is 1.62. The van der Waals surface area contributed by atoms with E-state index in [9.17, 15) is 9.82 Å². The van der Waals surface area contributed by atoms with Gasteiger partial charge in [0, 0.05) is 5.82 Å². The molecule has 0 bridgehead atoms. The molecule has 2 atom stereocenters. The van der Waals surface area contributed by atoms with Gasteiger partial charge >= 0.3 is 13.1 Å². The maximum Gasteiger partial charge on any atom is 0.526 e. The van der Waals surface area contributed by atoms with Gasteiger partial charge in [0.05, 0.1) is 6.61 Å². The highest BCUT2D eigenvalue weighted by Crippen LogP contribution is 2.60. The topological polar surface area (TPSA) is 55.8 Å². The molecule has 1 saturated carbocycles. The van der Waals surface area contributed by atoms with Gasteiger partial charge in [-0.1, -0.05) is 12.1 Å². The van der Waals surface area contributed by atoms with Crippen LogP contribution in [0.4, 0.5) is 0 Å². The summed E-state index contributed by atoms with van der Waals surface area (Å²) in [5, 5.41) is 9.82. The first kappa shape index (κ1) is 11.6. The normalized spacial score (nSPS) is 23.8. The predicted octanol–water partition coefficient (Wildman–Crippen LogP) is 1.90. The van der Waals surface area contributed by atoms with Crippen LogP contribution in [-0.2, 0) is 4.74 Å². The molecule has 2 aliphatic rings. The van der Waals surface area contributed by atoms with E-state index < -0.39 is 7.12 Å². The van der Waals surface area contributed by atoms with Gasteiger partial charge in [0.15, 0.2) is 0 Å². The number of rotatable bonds is 2. The average molecular weight is 246 g/mol. The predicted molar refractivity (Wildman–Crippen MR) is 66.8 cm³/mol. The van der Waals surface area contributed by atoms with Crippen molar-refractivity contribution < 1.29 is 19.2 Å². The van der Waals surface area contributed by atoms with E-state index in [4.69, 9.17) is 9.39 Å². The second-order valence-electron chi connectivity index (χ2n) is 4.91. The summed E-state index contributed by atoms with van der Waals surface area (Å²) in [5.41, 5.74) is 2.30. The third-order valence-corrected chi connectivity index (χ3v) is 3.72. The van der Waals surface area contributed by atoms with E-state index >= 15 is 0 Å². The Balaban J connectivity index is 2.08. The van der Waals surface area contributed by atoms with Gasteiger partial charge in [-0.2, -0.15) is 0 Å². The summed E-state index contributed by atoms with van der Waals surface area (Å²) in [6, 6.07) is 3.91. The first-order valence-corrected chi connectivity index (χ1v) is 6.28. The first-order chi connectivity index (χ1) is 8.63. The van der Waals surface area contributed by atoms with Crippen LogP contribution >= 0.6 is 0 Å². The van der Waals surface area contributed by atoms with E-state index in [-0.39, 0.29) is 11.8 Å². The number of hydrogen-bond donors (Lipinski definition) is 1. The van der Waals surface area contributed by atoms with Crippen molar-refractivity contribution in [3.8, 4) is 5.75 Å². The molecule has 1 aromatic carbocycles. The minimum absolute atomic E-state index is 0.190. The molecule has 4 nitrogen and oxygen atoms in total. The maximum absolute atomic E-state index is 12.0. The minimum atomic E-state index is -0.794. The number of carbonyl (C=O) groups is 1. The molecule has 0 spiro atoms. The molecule has 0 unspecified atom stereocenters. The van der Waals surface area contributed by atoms with Crippen LogP contribution in [0.2, 0.25) is 5.82 Å². The lowest BCUT2D eigenvalue weighted by Crippen LogP contribution is -2.28. The van der Waals surface area contributed by atoms with Crippen molar-refractivity contribution >= 4 is 13.1 Å². The molecule has 1 aromatic rings. The van der Waals surface area contributed by atoms with Crippen molar-refractivity contribution in [3.05, 3.63) is 28.8 Å². The molecule has 0 aromatic heterocycles. The fourth-order valence-corrected chi connectivity index (χ4v) is 2.67. The van der Waals surface area contributed by atoms with Gasteiger partial charge in [-0.3, -0.25) is 0 Å². The molecule has 94 valence electrons. The Morgan fingerprint density at radius 2 is 2.39 bits per heavy atom. The van der Waals surface area contributed by atoms with Gasteiger partial charge in [-0.25, -0.2) is 4.79 Å². The molecule has 0 amide bonds. The second-order valence-corrected chi connectivity index (χ2v) is 4.91. The Morgan fingerprint density at radius 3 is 3.11 bits per heavy atom. The molecular formula is C13H15BO4. The van der Waals surface area contributed by atoms with E-state index in [0.717, 1.165) is 17.5 Å². The van der Waals surface area contributed by atoms with Gasteiger partial charge < -0.3 is 14.4 Å². The molecular weight excluding hydrogens is 231 g/mol. The summed E-state index contributed by atoms with van der Waals surface area (Å²) >= 11 is 0. The third-order valence-electron chi connectivity index (χ3n) is 3.72. The van der Waals surface area contributed by atoms with E-state index in [1.54, 1.807) is 6.92 Å². The van der Waals surface area contributed by atoms with Crippen LogP contribution in [0, 0.1) is 6.92 Å². The van der Waals surface area contributed by atoms with Crippen molar-refractivity contribution in [2.45, 2.75) is 32.0 Å². The number of fused-ring (bicyclic) bond motifs is 3. The molecule has 1 N–H and O–H groups in total. The highest BCUT2D eigenvalue weighted by molar-refractivity contribution is 6.48. The van der Waals surface area contributed by atoms with Crippen LogP contribution in [0.3, 0.4) is 0 Å². The molecule has 18 heavy (non-hydrogen) atoms. The number of hydrogen-bond acceptors (Lipinski definition) is 4. The van der Waals surface area contributed by atoms with Crippen LogP contribution in [0.5, 0.6) is 5.75 Å². The van der Waals surface area contributed by atoms with Gasteiger partial charge in [0.2, 0.25) is 0 Å². The fraction of sp³-hybridized carbons (Fsp3) is 0.462. The van der Waals surface area contributed by atoms with E-state index in [2.05, 4.69) is 0 Å². The Labute approximate surface area is 106 Å². The Morgan fingerprint density at radius 1 is 1.61 bits per heavy atom. The summed E-state index contributed by atoms with van der Waals surface area (Å²) in [6.45, 7) is 3.95. The highest BCUT2D eigenvalue weighted by Gasteiger charge is 2.54. The molecule has 3 rings (SSSR count). The Bertz CT molecular complexity index is 514. The van der Waals surface area contributed by atoms with Crippen LogP contribution in [-0.4, -0.2) is 24.7 Å². The number of ether oxygens (including phenoxy) is 1. The molecule has 1 aliphatic carbocycles. The highest BCUT2D eigenvalue weighted by atomic mass is 16.5. The molecule has 1 aliphatic heterocycles. The van der Waals surface area contributed by atoms with E-state index in [0.29, 0.717) is 23.8 Å². The smallest absolute Gasteiger partial charge is 0.526 e. The summed E-state index contributed by atoms with van der Waals surface area (Å²) in [4.78, 5) is 12.0. The Hall–Kier alpha value is -1.49. The zero-order chi connectivity index (χ0) is 12.9. The van der Waals surface area contributed by atoms with Crippen molar-refractivity contribution in [2.75, 3.05) is 6.61 Å². The lowest BCUT2D eigenvalue weighted by atomic mass is 9.77. The van der Waals surface area contributed by atoms with Gasteiger partial charge in [0.25, 0.3) is 0 Å². The quantitative estimate of drug-likeness (QED) is 0.639. The average Bonchev–Trinajstić information content (AvgIpc) is 3.09. The lowest BCUT2D eigenvalue weighted by Gasteiger charge is -2.22. The van der Waals surface area contributed by atoms with Crippen LogP contribution < -0.4 is 4.65 Å². The number of carbonyl (C=O) groups excluding carboxylic acids is 1. The SMILES string of the molecule is CCOC(=O)c1c(C)ccc2c1OB(O)[C@H]1C[C@@H]21. The minimum Gasteiger partial charge on any atom is -0.535 e. The summed E-state index contributed by atoms with van der Waals surface area (Å²) in [6.07, 6.45) is 0.930.